The van der Waals surface area contributed by atoms with Crippen molar-refractivity contribution < 1.29 is 29.2 Å². The van der Waals surface area contributed by atoms with Crippen molar-refractivity contribution in [2.45, 2.75) is 63.6 Å². The second kappa shape index (κ2) is 4.57. The molecule has 1 saturated carbocycles. The molecule has 0 aromatic heterocycles. The van der Waals surface area contributed by atoms with Gasteiger partial charge in [0.15, 0.2) is 0 Å². The molecule has 7 atom stereocenters. The molecule has 0 amide bonds. The van der Waals surface area contributed by atoms with Gasteiger partial charge in [0.1, 0.15) is 23.9 Å². The Morgan fingerprint density at radius 1 is 1.52 bits per heavy atom. The maximum absolute atomic E-state index is 11.6. The average molecular weight is 324 g/mol. The van der Waals surface area contributed by atoms with Crippen LogP contribution in [0, 0.1) is 10.8 Å². The zero-order valence-electron chi connectivity index (χ0n) is 13.7. The minimum atomic E-state index is -0.950. The van der Waals surface area contributed by atoms with Gasteiger partial charge in [0.05, 0.1) is 24.7 Å². The summed E-state index contributed by atoms with van der Waals surface area (Å²) in [4.78, 5) is 11.6. The molecule has 0 aromatic rings. The van der Waals surface area contributed by atoms with Crippen LogP contribution in [0.4, 0.5) is 0 Å². The second-order valence-electron chi connectivity index (χ2n) is 7.71. The van der Waals surface area contributed by atoms with E-state index in [1.165, 1.54) is 12.5 Å². The fourth-order valence-electron chi connectivity index (χ4n) is 5.40. The van der Waals surface area contributed by atoms with Gasteiger partial charge >= 0.3 is 5.97 Å². The number of epoxide rings is 1. The molecule has 0 unspecified atom stereocenters. The lowest BCUT2D eigenvalue weighted by Crippen LogP contribution is -2.66. The van der Waals surface area contributed by atoms with E-state index in [1.54, 1.807) is 0 Å². The summed E-state index contributed by atoms with van der Waals surface area (Å²) in [6, 6.07) is 0. The minimum Gasteiger partial charge on any atom is -0.459 e. The Labute approximate surface area is 135 Å². The van der Waals surface area contributed by atoms with Crippen LogP contribution in [0.5, 0.6) is 0 Å². The van der Waals surface area contributed by atoms with Crippen LogP contribution in [0.15, 0.2) is 11.6 Å². The lowest BCUT2D eigenvalue weighted by Gasteiger charge is -2.57. The highest BCUT2D eigenvalue weighted by Crippen LogP contribution is 2.71. The number of hydrogen-bond donors (Lipinski definition) is 2. The highest BCUT2D eigenvalue weighted by molar-refractivity contribution is 5.66. The quantitative estimate of drug-likeness (QED) is 0.438. The molecule has 4 aliphatic rings. The van der Waals surface area contributed by atoms with E-state index in [0.717, 1.165) is 12.8 Å². The van der Waals surface area contributed by atoms with E-state index < -0.39 is 40.7 Å². The first-order valence-corrected chi connectivity index (χ1v) is 8.25. The van der Waals surface area contributed by atoms with Gasteiger partial charge in [0.25, 0.3) is 0 Å². The number of carbonyl (C=O) groups is 1. The number of rotatable bonds is 2. The van der Waals surface area contributed by atoms with E-state index in [1.807, 2.05) is 19.9 Å². The van der Waals surface area contributed by atoms with Crippen LogP contribution < -0.4 is 0 Å². The van der Waals surface area contributed by atoms with Gasteiger partial charge in [-0.25, -0.2) is 0 Å². The molecule has 4 rings (SSSR count). The predicted molar refractivity (Wildman–Crippen MR) is 79.5 cm³/mol. The highest BCUT2D eigenvalue weighted by atomic mass is 16.7. The van der Waals surface area contributed by atoms with Crippen LogP contribution in [-0.2, 0) is 19.0 Å². The Morgan fingerprint density at radius 2 is 2.22 bits per heavy atom. The maximum atomic E-state index is 11.6. The van der Waals surface area contributed by atoms with Crippen LogP contribution in [0.1, 0.15) is 33.6 Å². The normalized spacial score (nSPS) is 53.7. The van der Waals surface area contributed by atoms with E-state index in [2.05, 4.69) is 0 Å². The van der Waals surface area contributed by atoms with Crippen molar-refractivity contribution in [3.8, 4) is 0 Å². The number of ether oxygens (including phenoxy) is 3. The van der Waals surface area contributed by atoms with E-state index in [0.29, 0.717) is 6.61 Å². The van der Waals surface area contributed by atoms with Crippen LogP contribution >= 0.6 is 0 Å². The summed E-state index contributed by atoms with van der Waals surface area (Å²) in [5.74, 6) is -0.439. The Morgan fingerprint density at radius 3 is 2.78 bits per heavy atom. The van der Waals surface area contributed by atoms with E-state index in [4.69, 9.17) is 14.2 Å². The first-order valence-electron chi connectivity index (χ1n) is 8.25. The molecular formula is C17H24O6. The molecule has 2 bridgehead atoms. The summed E-state index contributed by atoms with van der Waals surface area (Å²) < 4.78 is 17.6. The Hall–Kier alpha value is -0.950. The number of hydrogen-bond acceptors (Lipinski definition) is 6. The molecule has 3 fully saturated rings. The third kappa shape index (κ3) is 1.60. The zero-order valence-corrected chi connectivity index (χ0v) is 13.7. The third-order valence-electron chi connectivity index (χ3n) is 6.83. The van der Waals surface area contributed by atoms with Gasteiger partial charge in [-0.2, -0.15) is 0 Å². The van der Waals surface area contributed by atoms with Crippen molar-refractivity contribution in [1.29, 1.82) is 0 Å². The lowest BCUT2D eigenvalue weighted by atomic mass is 9.51. The smallest absolute Gasteiger partial charge is 0.303 e. The number of carbonyl (C=O) groups excluding carboxylic acids is 1. The Balaban J connectivity index is 1.88. The first kappa shape index (κ1) is 15.6. The molecule has 0 aromatic carbocycles. The molecule has 2 N–H and O–H groups in total. The molecule has 2 saturated heterocycles. The van der Waals surface area contributed by atoms with E-state index in [-0.39, 0.29) is 12.7 Å². The topological polar surface area (TPSA) is 88.5 Å². The fourth-order valence-corrected chi connectivity index (χ4v) is 5.40. The van der Waals surface area contributed by atoms with Gasteiger partial charge in [-0.15, -0.1) is 0 Å². The molecule has 23 heavy (non-hydrogen) atoms. The number of aliphatic hydroxyl groups is 2. The predicted octanol–water partition coefficient (Wildman–Crippen LogP) is 0.554. The zero-order chi connectivity index (χ0) is 16.6. The molecular weight excluding hydrogens is 300 g/mol. The summed E-state index contributed by atoms with van der Waals surface area (Å²) in [5, 5.41) is 21.1. The first-order chi connectivity index (χ1) is 10.8. The summed E-state index contributed by atoms with van der Waals surface area (Å²) in [6.45, 7) is 5.73. The SMILES string of the molecule is CC(=O)O[C@@H]1[C@@H](O)[C@H]2O[C@@H]3C=C(C)CC[C@]3(CO)[C@]1(C)[C@]21CO1. The standard InChI is InChI=1S/C17H24O6/c1-9-4-5-16(7-18)11(6-9)23-14-12(20)13(22-10(2)19)15(16,3)17(14)8-21-17/h6,11-14,18,20H,4-5,7-8H2,1-3H3/t11-,12-,13-,14-,15-,16-,17+/m1/s1. The van der Waals surface area contributed by atoms with Crippen molar-refractivity contribution in [3.05, 3.63) is 11.6 Å². The fraction of sp³-hybridized carbons (Fsp3) is 0.824. The summed E-state index contributed by atoms with van der Waals surface area (Å²) in [6.07, 6.45) is 1.08. The molecule has 2 aliphatic carbocycles. The number of aliphatic hydroxyl groups excluding tert-OH is 2. The molecule has 6 heteroatoms. The largest absolute Gasteiger partial charge is 0.459 e. The van der Waals surface area contributed by atoms with Crippen molar-refractivity contribution in [3.63, 3.8) is 0 Å². The highest BCUT2D eigenvalue weighted by Gasteiger charge is 2.85. The maximum Gasteiger partial charge on any atom is 0.303 e. The minimum absolute atomic E-state index is 0.0970. The van der Waals surface area contributed by atoms with Crippen molar-refractivity contribution in [2.75, 3.05) is 13.2 Å². The number of allylic oxidation sites excluding steroid dienone is 1. The molecule has 0 radical (unpaired) electrons. The van der Waals surface area contributed by atoms with Crippen LogP contribution in [0.2, 0.25) is 0 Å². The van der Waals surface area contributed by atoms with Gasteiger partial charge in [-0.1, -0.05) is 18.6 Å². The average Bonchev–Trinajstić information content (AvgIpc) is 3.28. The van der Waals surface area contributed by atoms with Crippen molar-refractivity contribution in [2.24, 2.45) is 10.8 Å². The summed E-state index contributed by atoms with van der Waals surface area (Å²) >= 11 is 0. The lowest BCUT2D eigenvalue weighted by molar-refractivity contribution is -0.229. The number of fused-ring (bicyclic) bond motifs is 2. The Bertz CT molecular complexity index is 582. The van der Waals surface area contributed by atoms with E-state index in [9.17, 15) is 15.0 Å². The third-order valence-corrected chi connectivity index (χ3v) is 6.83. The molecule has 1 spiro atoms. The summed E-state index contributed by atoms with van der Waals surface area (Å²) in [5.41, 5.74) is -0.777. The second-order valence-corrected chi connectivity index (χ2v) is 7.71. The van der Waals surface area contributed by atoms with E-state index >= 15 is 0 Å². The molecule has 2 heterocycles. The van der Waals surface area contributed by atoms with Crippen LogP contribution in [-0.4, -0.2) is 59.4 Å². The van der Waals surface area contributed by atoms with Crippen LogP contribution in [0.25, 0.3) is 0 Å². The van der Waals surface area contributed by atoms with Crippen LogP contribution in [0.3, 0.4) is 0 Å². The molecule has 128 valence electrons. The van der Waals surface area contributed by atoms with Crippen molar-refractivity contribution in [1.82, 2.24) is 0 Å². The number of esters is 1. The summed E-state index contributed by atoms with van der Waals surface area (Å²) in [7, 11) is 0. The van der Waals surface area contributed by atoms with Gasteiger partial charge in [0, 0.05) is 12.3 Å². The van der Waals surface area contributed by atoms with Gasteiger partial charge in [-0.3, -0.25) is 4.79 Å². The molecule has 6 nitrogen and oxygen atoms in total. The van der Waals surface area contributed by atoms with Crippen molar-refractivity contribution >= 4 is 5.97 Å². The van der Waals surface area contributed by atoms with Gasteiger partial charge in [0.2, 0.25) is 0 Å². The molecule has 2 aliphatic heterocycles. The van der Waals surface area contributed by atoms with Gasteiger partial charge in [-0.05, 0) is 19.8 Å². The monoisotopic (exact) mass is 324 g/mol. The van der Waals surface area contributed by atoms with Gasteiger partial charge < -0.3 is 24.4 Å². The Kier molecular flexibility index (Phi) is 3.09.